The molecule has 228 valence electrons. The van der Waals surface area contributed by atoms with Crippen LogP contribution >= 0.6 is 22.9 Å². The summed E-state index contributed by atoms with van der Waals surface area (Å²) in [5, 5.41) is 10.5. The van der Waals surface area contributed by atoms with Crippen molar-refractivity contribution in [2.24, 2.45) is 0 Å². The number of nitrogens with zero attached hydrogens (tertiary/aromatic N) is 3. The minimum atomic E-state index is -3.34. The maximum atomic E-state index is 13.5. The van der Waals surface area contributed by atoms with E-state index < -0.39 is 9.84 Å². The van der Waals surface area contributed by atoms with Gasteiger partial charge < -0.3 is 15.4 Å². The predicted molar refractivity (Wildman–Crippen MR) is 176 cm³/mol. The van der Waals surface area contributed by atoms with Gasteiger partial charge in [-0.1, -0.05) is 48.0 Å². The lowest BCUT2D eigenvalue weighted by molar-refractivity contribution is 0.306. The summed E-state index contributed by atoms with van der Waals surface area (Å²) in [6.07, 6.45) is 1.49. The first-order valence-electron chi connectivity index (χ1n) is 14.0. The van der Waals surface area contributed by atoms with Gasteiger partial charge in [0.1, 0.15) is 35.3 Å². The molecule has 0 saturated heterocycles. The highest BCUT2D eigenvalue weighted by Crippen LogP contribution is 2.32. The van der Waals surface area contributed by atoms with Crippen LogP contribution in [0.4, 0.5) is 15.9 Å². The molecule has 2 N–H and O–H groups in total. The average Bonchev–Trinajstić information content (AvgIpc) is 3.52. The van der Waals surface area contributed by atoms with Crippen LogP contribution in [0.5, 0.6) is 5.75 Å². The standard InChI is InChI=1S/C33H27ClFN5O3S2/c34-28-17-25(10-12-31(28)43-19-22-5-4-6-24(35)15-22)39-33-27-16-23(9-11-29(27)37-21-38-33)30-20-44-32(40-30)18-36-13-14-45(41,42)26-7-2-1-3-8-26/h1-12,15-17,20-21,36H,13-14,18-19H2,(H,37,38,39). The Balaban J connectivity index is 1.11. The smallest absolute Gasteiger partial charge is 0.179 e. The van der Waals surface area contributed by atoms with E-state index in [1.807, 2.05) is 29.6 Å². The number of ether oxygens (including phenoxy) is 1. The Morgan fingerprint density at radius 2 is 1.80 bits per heavy atom. The molecule has 12 heteroatoms. The first kappa shape index (κ1) is 30.6. The van der Waals surface area contributed by atoms with Crippen LogP contribution in [0.15, 0.2) is 108 Å². The summed E-state index contributed by atoms with van der Waals surface area (Å²) >= 11 is 8.00. The maximum absolute atomic E-state index is 13.5. The Labute approximate surface area is 268 Å². The van der Waals surface area contributed by atoms with Crippen molar-refractivity contribution in [1.82, 2.24) is 20.3 Å². The molecule has 6 aromatic rings. The third kappa shape index (κ3) is 7.63. The summed E-state index contributed by atoms with van der Waals surface area (Å²) in [5.74, 6) is 0.765. The molecule has 4 aromatic carbocycles. The number of fused-ring (bicyclic) bond motifs is 1. The Bertz CT molecular complexity index is 2060. The molecule has 0 fully saturated rings. The second-order valence-electron chi connectivity index (χ2n) is 10.1. The van der Waals surface area contributed by atoms with Crippen LogP contribution in [0, 0.1) is 5.82 Å². The van der Waals surface area contributed by atoms with Crippen molar-refractivity contribution in [3.05, 3.63) is 124 Å². The fourth-order valence-corrected chi connectivity index (χ4v) is 6.84. The van der Waals surface area contributed by atoms with E-state index in [-0.39, 0.29) is 18.2 Å². The highest BCUT2D eigenvalue weighted by atomic mass is 35.5. The Hall–Kier alpha value is -4.42. The number of aromatic nitrogens is 3. The fourth-order valence-electron chi connectivity index (χ4n) is 4.61. The topological polar surface area (TPSA) is 106 Å². The Kier molecular flexibility index (Phi) is 9.31. The molecule has 0 aliphatic heterocycles. The highest BCUT2D eigenvalue weighted by Gasteiger charge is 2.14. The molecule has 0 radical (unpaired) electrons. The lowest BCUT2D eigenvalue weighted by Gasteiger charge is -2.12. The summed E-state index contributed by atoms with van der Waals surface area (Å²) in [4.78, 5) is 13.9. The molecule has 0 spiro atoms. The van der Waals surface area contributed by atoms with Gasteiger partial charge in [0.2, 0.25) is 0 Å². The number of sulfone groups is 1. The number of nitrogens with one attached hydrogen (secondary N) is 2. The monoisotopic (exact) mass is 659 g/mol. The summed E-state index contributed by atoms with van der Waals surface area (Å²) in [5.41, 5.74) is 3.87. The second-order valence-corrected chi connectivity index (χ2v) is 13.5. The van der Waals surface area contributed by atoms with E-state index in [0.29, 0.717) is 45.8 Å². The quantitative estimate of drug-likeness (QED) is 0.131. The zero-order chi connectivity index (χ0) is 31.2. The van der Waals surface area contributed by atoms with Crippen molar-refractivity contribution in [2.75, 3.05) is 17.6 Å². The zero-order valence-electron chi connectivity index (χ0n) is 23.8. The molecule has 0 bridgehead atoms. The number of hydrogen-bond acceptors (Lipinski definition) is 9. The summed E-state index contributed by atoms with van der Waals surface area (Å²) in [6, 6.07) is 25.9. The molecule has 0 unspecified atom stereocenters. The van der Waals surface area contributed by atoms with E-state index >= 15 is 0 Å². The third-order valence-electron chi connectivity index (χ3n) is 6.89. The van der Waals surface area contributed by atoms with Gasteiger partial charge in [-0.15, -0.1) is 11.3 Å². The summed E-state index contributed by atoms with van der Waals surface area (Å²) in [6.45, 7) is 0.966. The largest absolute Gasteiger partial charge is 0.487 e. The van der Waals surface area contributed by atoms with E-state index in [2.05, 4.69) is 20.6 Å². The van der Waals surface area contributed by atoms with Crippen molar-refractivity contribution in [2.45, 2.75) is 18.0 Å². The molecule has 2 heterocycles. The SMILES string of the molecule is O=S(=O)(CCNCc1nc(-c2ccc3ncnc(Nc4ccc(OCc5cccc(F)c5)c(Cl)c4)c3c2)cs1)c1ccccc1. The molecule has 45 heavy (non-hydrogen) atoms. The van der Waals surface area contributed by atoms with E-state index in [1.165, 1.54) is 29.8 Å². The normalized spacial score (nSPS) is 11.5. The van der Waals surface area contributed by atoms with Crippen molar-refractivity contribution < 1.29 is 17.5 Å². The maximum Gasteiger partial charge on any atom is 0.179 e. The van der Waals surface area contributed by atoms with Gasteiger partial charge in [0.15, 0.2) is 9.84 Å². The van der Waals surface area contributed by atoms with Crippen molar-refractivity contribution in [1.29, 1.82) is 0 Å². The van der Waals surface area contributed by atoms with Gasteiger partial charge in [0.05, 0.1) is 26.9 Å². The van der Waals surface area contributed by atoms with Crippen LogP contribution in [0.3, 0.4) is 0 Å². The number of benzene rings is 4. The van der Waals surface area contributed by atoms with E-state index in [0.717, 1.165) is 27.2 Å². The van der Waals surface area contributed by atoms with Gasteiger partial charge in [0, 0.05) is 35.1 Å². The molecular weight excluding hydrogens is 633 g/mol. The van der Waals surface area contributed by atoms with Crippen molar-refractivity contribution >= 4 is 55.2 Å². The number of rotatable bonds is 12. The number of hydrogen-bond donors (Lipinski definition) is 2. The van der Waals surface area contributed by atoms with Gasteiger partial charge >= 0.3 is 0 Å². The van der Waals surface area contributed by atoms with Gasteiger partial charge in [-0.2, -0.15) is 0 Å². The number of anilines is 2. The summed E-state index contributed by atoms with van der Waals surface area (Å²) < 4.78 is 44.3. The molecule has 6 rings (SSSR count). The minimum Gasteiger partial charge on any atom is -0.487 e. The molecule has 8 nitrogen and oxygen atoms in total. The Morgan fingerprint density at radius 1 is 0.933 bits per heavy atom. The molecule has 0 aliphatic carbocycles. The fraction of sp³-hybridized carbons (Fsp3) is 0.121. The average molecular weight is 660 g/mol. The lowest BCUT2D eigenvalue weighted by atomic mass is 10.1. The van der Waals surface area contributed by atoms with Crippen LogP contribution in [-0.4, -0.2) is 35.7 Å². The predicted octanol–water partition coefficient (Wildman–Crippen LogP) is 7.43. The Morgan fingerprint density at radius 3 is 2.62 bits per heavy atom. The van der Waals surface area contributed by atoms with E-state index in [1.54, 1.807) is 54.6 Å². The molecule has 0 amide bonds. The molecular formula is C33H27ClFN5O3S2. The van der Waals surface area contributed by atoms with Crippen LogP contribution < -0.4 is 15.4 Å². The molecule has 0 aliphatic rings. The second kappa shape index (κ2) is 13.7. The van der Waals surface area contributed by atoms with Crippen LogP contribution in [0.25, 0.3) is 22.2 Å². The van der Waals surface area contributed by atoms with Gasteiger partial charge in [-0.25, -0.2) is 27.8 Å². The zero-order valence-corrected chi connectivity index (χ0v) is 26.2. The minimum absolute atomic E-state index is 0.00553. The van der Waals surface area contributed by atoms with Gasteiger partial charge in [0.25, 0.3) is 0 Å². The van der Waals surface area contributed by atoms with Crippen LogP contribution in [-0.2, 0) is 23.0 Å². The molecule has 0 atom stereocenters. The summed E-state index contributed by atoms with van der Waals surface area (Å²) in [7, 11) is -3.34. The van der Waals surface area contributed by atoms with Crippen LogP contribution in [0.2, 0.25) is 5.02 Å². The molecule has 2 aromatic heterocycles. The van der Waals surface area contributed by atoms with Gasteiger partial charge in [-0.05, 0) is 60.2 Å². The first-order valence-corrected chi connectivity index (χ1v) is 16.9. The highest BCUT2D eigenvalue weighted by molar-refractivity contribution is 7.91. The molecule has 0 saturated carbocycles. The van der Waals surface area contributed by atoms with Crippen LogP contribution in [0.1, 0.15) is 10.6 Å². The lowest BCUT2D eigenvalue weighted by Crippen LogP contribution is -2.22. The number of halogens is 2. The van der Waals surface area contributed by atoms with E-state index in [4.69, 9.17) is 21.3 Å². The van der Waals surface area contributed by atoms with E-state index in [9.17, 15) is 12.8 Å². The number of thiazole rings is 1. The van der Waals surface area contributed by atoms with Crippen molar-refractivity contribution in [3.63, 3.8) is 0 Å². The van der Waals surface area contributed by atoms with Crippen molar-refractivity contribution in [3.8, 4) is 17.0 Å². The first-order chi connectivity index (χ1) is 21.8. The third-order valence-corrected chi connectivity index (χ3v) is 9.76. The van der Waals surface area contributed by atoms with Gasteiger partial charge in [-0.3, -0.25) is 0 Å².